The van der Waals surface area contributed by atoms with Crippen molar-refractivity contribution in [2.24, 2.45) is 5.92 Å². The Morgan fingerprint density at radius 2 is 1.58 bits per heavy atom. The number of nitrogens with one attached hydrogen (secondary N) is 2. The molecule has 2 aromatic carbocycles. The molecule has 0 spiro atoms. The minimum Gasteiger partial charge on any atom is -0.381 e. The van der Waals surface area contributed by atoms with E-state index < -0.39 is 35.6 Å². The van der Waals surface area contributed by atoms with Gasteiger partial charge in [0.1, 0.15) is 0 Å². The second-order valence-corrected chi connectivity index (χ2v) is 7.48. The molecule has 1 amide bonds. The SMILES string of the molecule is O=C(NCc1ccc(NC[C@](O)(c2cccc(C(F)(F)F)c2)C(F)(F)F)cc1)C1CC1. The van der Waals surface area contributed by atoms with Crippen LogP contribution in [0.1, 0.15) is 29.5 Å². The van der Waals surface area contributed by atoms with Crippen LogP contribution in [0.3, 0.4) is 0 Å². The summed E-state index contributed by atoms with van der Waals surface area (Å²) < 4.78 is 79.6. The summed E-state index contributed by atoms with van der Waals surface area (Å²) in [6.07, 6.45) is -8.34. The summed E-state index contributed by atoms with van der Waals surface area (Å²) in [5, 5.41) is 15.5. The van der Waals surface area contributed by atoms with Crippen molar-refractivity contribution >= 4 is 11.6 Å². The number of halogens is 6. The van der Waals surface area contributed by atoms with Gasteiger partial charge in [0.2, 0.25) is 11.5 Å². The molecule has 1 aliphatic carbocycles. The molecule has 2 aromatic rings. The predicted octanol–water partition coefficient (Wildman–Crippen LogP) is 4.59. The molecule has 31 heavy (non-hydrogen) atoms. The van der Waals surface area contributed by atoms with Gasteiger partial charge in [-0.1, -0.05) is 24.3 Å². The van der Waals surface area contributed by atoms with Crippen molar-refractivity contribution in [2.75, 3.05) is 11.9 Å². The van der Waals surface area contributed by atoms with Crippen LogP contribution in [-0.2, 0) is 23.1 Å². The number of amides is 1. The van der Waals surface area contributed by atoms with Crippen LogP contribution in [0.25, 0.3) is 0 Å². The highest BCUT2D eigenvalue weighted by Gasteiger charge is 2.55. The van der Waals surface area contributed by atoms with E-state index in [1.54, 1.807) is 12.1 Å². The molecule has 0 bridgehead atoms. The lowest BCUT2D eigenvalue weighted by Gasteiger charge is -2.32. The van der Waals surface area contributed by atoms with Gasteiger partial charge in [-0.3, -0.25) is 4.79 Å². The van der Waals surface area contributed by atoms with Crippen LogP contribution in [0.5, 0.6) is 0 Å². The quantitative estimate of drug-likeness (QED) is 0.545. The van der Waals surface area contributed by atoms with E-state index in [4.69, 9.17) is 0 Å². The van der Waals surface area contributed by atoms with E-state index in [1.165, 1.54) is 12.1 Å². The van der Waals surface area contributed by atoms with Gasteiger partial charge < -0.3 is 15.7 Å². The average molecular weight is 446 g/mol. The average Bonchev–Trinajstić information content (AvgIpc) is 3.55. The van der Waals surface area contributed by atoms with Gasteiger partial charge >= 0.3 is 12.4 Å². The fourth-order valence-electron chi connectivity index (χ4n) is 2.97. The molecule has 0 aliphatic heterocycles. The Labute approximate surface area is 174 Å². The van der Waals surface area contributed by atoms with Gasteiger partial charge in [0, 0.05) is 18.2 Å². The second-order valence-electron chi connectivity index (χ2n) is 7.48. The first-order valence-corrected chi connectivity index (χ1v) is 9.47. The van der Waals surface area contributed by atoms with Gasteiger partial charge in [-0.2, -0.15) is 26.3 Å². The van der Waals surface area contributed by atoms with E-state index in [1.807, 2.05) is 0 Å². The maximum atomic E-state index is 13.6. The van der Waals surface area contributed by atoms with Crippen LogP contribution >= 0.6 is 0 Å². The summed E-state index contributed by atoms with van der Waals surface area (Å²) in [5.41, 5.74) is -4.78. The first-order chi connectivity index (χ1) is 14.4. The molecule has 1 aliphatic rings. The first kappa shape index (κ1) is 22.9. The highest BCUT2D eigenvalue weighted by molar-refractivity contribution is 5.80. The third kappa shape index (κ3) is 5.49. The van der Waals surface area contributed by atoms with Crippen molar-refractivity contribution < 1.29 is 36.2 Å². The van der Waals surface area contributed by atoms with E-state index in [0.29, 0.717) is 12.1 Å². The van der Waals surface area contributed by atoms with Crippen molar-refractivity contribution in [1.82, 2.24) is 5.32 Å². The number of carbonyl (C=O) groups excluding carboxylic acids is 1. The number of carbonyl (C=O) groups is 1. The van der Waals surface area contributed by atoms with Crippen LogP contribution in [0, 0.1) is 5.92 Å². The molecule has 0 radical (unpaired) electrons. The maximum Gasteiger partial charge on any atom is 0.423 e. The van der Waals surface area contributed by atoms with Gasteiger partial charge in [-0.15, -0.1) is 0 Å². The predicted molar refractivity (Wildman–Crippen MR) is 101 cm³/mol. The van der Waals surface area contributed by atoms with Crippen molar-refractivity contribution in [3.05, 3.63) is 65.2 Å². The van der Waals surface area contributed by atoms with E-state index in [-0.39, 0.29) is 24.1 Å². The van der Waals surface area contributed by atoms with Gasteiger partial charge in [0.15, 0.2) is 0 Å². The van der Waals surface area contributed by atoms with E-state index in [9.17, 15) is 36.2 Å². The minimum atomic E-state index is -5.22. The number of hydrogen-bond acceptors (Lipinski definition) is 3. The van der Waals surface area contributed by atoms with Gasteiger partial charge in [0.25, 0.3) is 0 Å². The molecule has 1 fully saturated rings. The number of aliphatic hydroxyl groups is 1. The Hall–Kier alpha value is -2.75. The van der Waals surface area contributed by atoms with Gasteiger partial charge in [-0.25, -0.2) is 0 Å². The molecule has 1 atom stereocenters. The summed E-state index contributed by atoms with van der Waals surface area (Å²) in [7, 11) is 0. The Morgan fingerprint density at radius 1 is 0.968 bits per heavy atom. The Balaban J connectivity index is 1.71. The van der Waals surface area contributed by atoms with Crippen LogP contribution < -0.4 is 10.6 Å². The smallest absolute Gasteiger partial charge is 0.381 e. The fourth-order valence-corrected chi connectivity index (χ4v) is 2.97. The zero-order valence-electron chi connectivity index (χ0n) is 16.1. The first-order valence-electron chi connectivity index (χ1n) is 9.47. The van der Waals surface area contributed by atoms with Crippen LogP contribution in [-0.4, -0.2) is 23.7 Å². The molecule has 0 heterocycles. The molecule has 4 nitrogen and oxygen atoms in total. The molecular weight excluding hydrogens is 426 g/mol. The van der Waals surface area contributed by atoms with Crippen LogP contribution in [0.15, 0.2) is 48.5 Å². The lowest BCUT2D eigenvalue weighted by atomic mass is 9.91. The van der Waals surface area contributed by atoms with E-state index in [0.717, 1.165) is 30.5 Å². The Kier molecular flexibility index (Phi) is 6.22. The lowest BCUT2D eigenvalue weighted by molar-refractivity contribution is -0.260. The number of rotatable bonds is 7. The highest BCUT2D eigenvalue weighted by Crippen LogP contribution is 2.41. The molecule has 168 valence electrons. The molecule has 0 unspecified atom stereocenters. The van der Waals surface area contributed by atoms with Crippen molar-refractivity contribution in [1.29, 1.82) is 0 Å². The summed E-state index contributed by atoms with van der Waals surface area (Å²) >= 11 is 0. The zero-order chi connectivity index (χ0) is 22.9. The molecular formula is C21H20F6N2O2. The van der Waals surface area contributed by atoms with E-state index in [2.05, 4.69) is 10.6 Å². The zero-order valence-corrected chi connectivity index (χ0v) is 16.1. The number of hydrogen-bond donors (Lipinski definition) is 3. The minimum absolute atomic E-state index is 0.0430. The highest BCUT2D eigenvalue weighted by atomic mass is 19.4. The summed E-state index contributed by atoms with van der Waals surface area (Å²) in [5.74, 6) is 0.00960. The molecule has 0 aromatic heterocycles. The maximum absolute atomic E-state index is 13.6. The van der Waals surface area contributed by atoms with Crippen molar-refractivity contribution in [3.8, 4) is 0 Å². The summed E-state index contributed by atoms with van der Waals surface area (Å²) in [6, 6.07) is 8.65. The molecule has 10 heteroatoms. The summed E-state index contributed by atoms with van der Waals surface area (Å²) in [6.45, 7) is -0.818. The fraction of sp³-hybridized carbons (Fsp3) is 0.381. The number of anilines is 1. The molecule has 3 rings (SSSR count). The van der Waals surface area contributed by atoms with E-state index >= 15 is 0 Å². The standard InChI is InChI=1S/C21H20F6N2O2/c22-20(23,24)16-3-1-2-15(10-16)19(31,21(25,26)27)12-29-17-8-4-13(5-9-17)11-28-18(30)14-6-7-14/h1-5,8-10,14,29,31H,6-7,11-12H2,(H,28,30)/t19-/m0/s1. The Morgan fingerprint density at radius 3 is 2.13 bits per heavy atom. The normalized spacial score (nSPS) is 16.5. The second kappa shape index (κ2) is 8.41. The molecule has 0 saturated heterocycles. The van der Waals surface area contributed by atoms with Crippen molar-refractivity contribution in [3.63, 3.8) is 0 Å². The monoisotopic (exact) mass is 446 g/mol. The Bertz CT molecular complexity index is 923. The molecule has 1 saturated carbocycles. The summed E-state index contributed by atoms with van der Waals surface area (Å²) in [4.78, 5) is 11.6. The van der Waals surface area contributed by atoms with Gasteiger partial charge in [0.05, 0.1) is 12.1 Å². The lowest BCUT2D eigenvalue weighted by Crippen LogP contribution is -2.47. The third-order valence-electron chi connectivity index (χ3n) is 5.05. The van der Waals surface area contributed by atoms with Crippen molar-refractivity contribution in [2.45, 2.75) is 37.3 Å². The largest absolute Gasteiger partial charge is 0.423 e. The van der Waals surface area contributed by atoms with Crippen LogP contribution in [0.2, 0.25) is 0 Å². The van der Waals surface area contributed by atoms with Gasteiger partial charge in [-0.05, 0) is 48.2 Å². The van der Waals surface area contributed by atoms with Crippen LogP contribution in [0.4, 0.5) is 32.0 Å². The number of benzene rings is 2. The number of alkyl halides is 6. The third-order valence-corrected chi connectivity index (χ3v) is 5.05. The topological polar surface area (TPSA) is 61.4 Å². The molecule has 3 N–H and O–H groups in total.